The molecule has 0 aliphatic carbocycles. The molecular weight excluding hydrogens is 367 g/mol. The molecule has 1 N–H and O–H groups in total. The van der Waals surface area contributed by atoms with Gasteiger partial charge >= 0.3 is 11.9 Å². The number of ether oxygens (including phenoxy) is 1. The Morgan fingerprint density at radius 3 is 2.13 bits per heavy atom. The van der Waals surface area contributed by atoms with Crippen molar-refractivity contribution in [2.75, 3.05) is 0 Å². The van der Waals surface area contributed by atoms with Crippen LogP contribution in [0, 0.1) is 0 Å². The topological polar surface area (TPSA) is 97.7 Å². The van der Waals surface area contributed by atoms with E-state index in [1.807, 2.05) is 0 Å². The Labute approximate surface area is 141 Å². The lowest BCUT2D eigenvalue weighted by Gasteiger charge is -2.09. The van der Waals surface area contributed by atoms with E-state index in [1.165, 1.54) is 12.1 Å². The summed E-state index contributed by atoms with van der Waals surface area (Å²) >= 11 is 11.4. The molecule has 0 aromatic heterocycles. The number of rotatable bonds is 3. The number of carbonyl (C=O) groups is 2. The highest BCUT2D eigenvalue weighted by Gasteiger charge is 2.28. The van der Waals surface area contributed by atoms with Gasteiger partial charge in [0.15, 0.2) is 0 Å². The van der Waals surface area contributed by atoms with Crippen LogP contribution in [0.4, 0.5) is 0 Å². The summed E-state index contributed by atoms with van der Waals surface area (Å²) < 4.78 is 36.6. The molecule has 0 saturated heterocycles. The molecule has 0 radical (unpaired) electrons. The van der Waals surface area contributed by atoms with Crippen LogP contribution in [0.25, 0.3) is 0 Å². The van der Waals surface area contributed by atoms with E-state index in [1.54, 1.807) is 18.2 Å². The van der Waals surface area contributed by atoms with Gasteiger partial charge in [-0.2, -0.15) is 8.42 Å². The molecule has 0 unspecified atom stereocenters. The Hall–Kier alpha value is -1.93. The Bertz CT molecular complexity index is 878. The van der Waals surface area contributed by atoms with Gasteiger partial charge in [0.25, 0.3) is 10.1 Å². The van der Waals surface area contributed by atoms with Crippen LogP contribution < -0.4 is 0 Å². The van der Waals surface area contributed by atoms with Crippen molar-refractivity contribution in [1.29, 1.82) is 0 Å². The zero-order valence-corrected chi connectivity index (χ0v) is 13.5. The van der Waals surface area contributed by atoms with Gasteiger partial charge < -0.3 is 4.74 Å². The lowest BCUT2D eigenvalue weighted by Crippen LogP contribution is -2.16. The molecule has 6 nitrogen and oxygen atoms in total. The summed E-state index contributed by atoms with van der Waals surface area (Å²) in [6.45, 7) is 0. The van der Waals surface area contributed by atoms with Crippen molar-refractivity contribution < 1.29 is 27.3 Å². The summed E-state index contributed by atoms with van der Waals surface area (Å²) in [6, 6.07) is 9.73. The minimum Gasteiger partial charge on any atom is -0.386 e. The van der Waals surface area contributed by atoms with E-state index in [0.717, 1.165) is 12.1 Å². The second-order valence-corrected chi connectivity index (χ2v) is 6.40. The van der Waals surface area contributed by atoms with E-state index in [-0.39, 0.29) is 10.6 Å². The van der Waals surface area contributed by atoms with Gasteiger partial charge in [0.1, 0.15) is 4.90 Å². The predicted octanol–water partition coefficient (Wildman–Crippen LogP) is 3.24. The summed E-state index contributed by atoms with van der Waals surface area (Å²) in [6.07, 6.45) is 0. The average molecular weight is 375 g/mol. The fourth-order valence-electron chi connectivity index (χ4n) is 1.72. The Morgan fingerprint density at radius 1 is 0.957 bits per heavy atom. The number of hydrogen-bond donors (Lipinski definition) is 1. The second-order valence-electron chi connectivity index (χ2n) is 4.26. The number of esters is 2. The summed E-state index contributed by atoms with van der Waals surface area (Å²) in [7, 11) is -4.86. The zero-order valence-electron chi connectivity index (χ0n) is 11.2. The van der Waals surface area contributed by atoms with Crippen LogP contribution in [0.5, 0.6) is 0 Å². The van der Waals surface area contributed by atoms with Crippen molar-refractivity contribution in [3.8, 4) is 0 Å². The third-order valence-corrected chi connectivity index (χ3v) is 4.58. The molecule has 2 aromatic rings. The van der Waals surface area contributed by atoms with E-state index in [2.05, 4.69) is 4.74 Å². The smallest absolute Gasteiger partial charge is 0.347 e. The van der Waals surface area contributed by atoms with Crippen molar-refractivity contribution >= 4 is 45.3 Å². The fraction of sp³-hybridized carbons (Fsp3) is 0. The molecule has 2 rings (SSSR count). The van der Waals surface area contributed by atoms with Crippen LogP contribution in [-0.4, -0.2) is 24.9 Å². The summed E-state index contributed by atoms with van der Waals surface area (Å²) in [5, 5.41) is -0.735. The van der Waals surface area contributed by atoms with Crippen LogP contribution in [-0.2, 0) is 14.9 Å². The quantitative estimate of drug-likeness (QED) is 0.503. The van der Waals surface area contributed by atoms with Gasteiger partial charge in [-0.05, 0) is 24.3 Å². The second kappa shape index (κ2) is 6.67. The van der Waals surface area contributed by atoms with Crippen LogP contribution in [0.3, 0.4) is 0 Å². The third-order valence-electron chi connectivity index (χ3n) is 2.72. The Morgan fingerprint density at radius 2 is 1.57 bits per heavy atom. The molecule has 23 heavy (non-hydrogen) atoms. The molecule has 0 amide bonds. The fourth-order valence-corrected chi connectivity index (χ4v) is 3.15. The number of benzene rings is 2. The summed E-state index contributed by atoms with van der Waals surface area (Å²) in [4.78, 5) is 22.9. The van der Waals surface area contributed by atoms with Crippen LogP contribution >= 0.6 is 23.2 Å². The Balaban J connectivity index is 2.41. The van der Waals surface area contributed by atoms with Gasteiger partial charge in [-0.1, -0.05) is 41.4 Å². The normalized spacial score (nSPS) is 11.1. The van der Waals surface area contributed by atoms with Gasteiger partial charge in [-0.3, -0.25) is 4.55 Å². The van der Waals surface area contributed by atoms with Crippen molar-refractivity contribution in [3.05, 3.63) is 63.6 Å². The number of carbonyl (C=O) groups excluding carboxylic acids is 2. The lowest BCUT2D eigenvalue weighted by atomic mass is 10.2. The van der Waals surface area contributed by atoms with Gasteiger partial charge in [-0.15, -0.1) is 0 Å². The van der Waals surface area contributed by atoms with E-state index >= 15 is 0 Å². The molecule has 9 heteroatoms. The van der Waals surface area contributed by atoms with Crippen LogP contribution in [0.15, 0.2) is 47.4 Å². The maximum Gasteiger partial charge on any atom is 0.347 e. The van der Waals surface area contributed by atoms with Gasteiger partial charge in [-0.25, -0.2) is 9.59 Å². The molecule has 0 bridgehead atoms. The molecule has 2 aromatic carbocycles. The summed E-state index contributed by atoms with van der Waals surface area (Å²) in [5.41, 5.74) is -0.513. The molecule has 0 atom stereocenters. The van der Waals surface area contributed by atoms with Gasteiger partial charge in [0.05, 0.1) is 21.2 Å². The van der Waals surface area contributed by atoms with Gasteiger partial charge in [0, 0.05) is 0 Å². The van der Waals surface area contributed by atoms with E-state index in [9.17, 15) is 22.6 Å². The molecule has 0 aliphatic rings. The van der Waals surface area contributed by atoms with Crippen molar-refractivity contribution in [2.45, 2.75) is 4.90 Å². The minimum atomic E-state index is -4.86. The van der Waals surface area contributed by atoms with E-state index < -0.39 is 37.5 Å². The third kappa shape index (κ3) is 3.89. The van der Waals surface area contributed by atoms with Crippen molar-refractivity contribution in [2.24, 2.45) is 0 Å². The first-order valence-electron chi connectivity index (χ1n) is 5.99. The maximum atomic E-state index is 12.0. The van der Waals surface area contributed by atoms with Gasteiger partial charge in [0.2, 0.25) is 0 Å². The monoisotopic (exact) mass is 374 g/mol. The highest BCUT2D eigenvalue weighted by atomic mass is 35.5. The number of hydrogen-bond acceptors (Lipinski definition) is 5. The molecule has 0 spiro atoms. The SMILES string of the molecule is O=C(OC(=O)c1ccc(Cl)c(Cl)c1S(=O)(=O)O)c1ccccc1. The standard InChI is InChI=1S/C14H8Cl2O6S/c15-10-7-6-9(12(11(10)16)23(19,20)21)14(18)22-13(17)8-4-2-1-3-5-8/h1-7H,(H,19,20,21). The predicted molar refractivity (Wildman–Crippen MR) is 82.5 cm³/mol. The highest BCUT2D eigenvalue weighted by molar-refractivity contribution is 7.86. The maximum absolute atomic E-state index is 12.0. The molecule has 0 heterocycles. The molecular formula is C14H8Cl2O6S. The van der Waals surface area contributed by atoms with E-state index in [0.29, 0.717) is 0 Å². The van der Waals surface area contributed by atoms with Crippen LogP contribution in [0.1, 0.15) is 20.7 Å². The molecule has 0 aliphatic heterocycles. The van der Waals surface area contributed by atoms with Crippen molar-refractivity contribution in [1.82, 2.24) is 0 Å². The zero-order chi connectivity index (χ0) is 17.2. The first kappa shape index (κ1) is 17.4. The van der Waals surface area contributed by atoms with E-state index in [4.69, 9.17) is 23.2 Å². The lowest BCUT2D eigenvalue weighted by molar-refractivity contribution is 0.0394. The first-order valence-corrected chi connectivity index (χ1v) is 8.18. The first-order chi connectivity index (χ1) is 10.7. The number of halogens is 2. The molecule has 120 valence electrons. The molecule has 0 saturated carbocycles. The minimum absolute atomic E-state index is 0.0920. The summed E-state index contributed by atoms with van der Waals surface area (Å²) in [5.74, 6) is -2.27. The Kier molecular flexibility index (Phi) is 5.06. The molecule has 0 fully saturated rings. The average Bonchev–Trinajstić information content (AvgIpc) is 2.49. The van der Waals surface area contributed by atoms with Crippen LogP contribution in [0.2, 0.25) is 10.0 Å². The van der Waals surface area contributed by atoms with Crippen molar-refractivity contribution in [3.63, 3.8) is 0 Å². The highest BCUT2D eigenvalue weighted by Crippen LogP contribution is 2.32. The largest absolute Gasteiger partial charge is 0.386 e.